The van der Waals surface area contributed by atoms with Gasteiger partial charge in [0.25, 0.3) is 0 Å². The van der Waals surface area contributed by atoms with Crippen LogP contribution in [0.25, 0.3) is 0 Å². The minimum atomic E-state index is -0.412. The Labute approximate surface area is 120 Å². The number of aliphatic hydroxyl groups excluding tert-OH is 1. The molecule has 0 saturated carbocycles. The van der Waals surface area contributed by atoms with Crippen LogP contribution in [-0.2, 0) is 6.42 Å². The van der Waals surface area contributed by atoms with Gasteiger partial charge in [-0.25, -0.2) is 0 Å². The molecule has 0 aromatic carbocycles. The zero-order chi connectivity index (χ0) is 13.8. The number of hydrogen-bond acceptors (Lipinski definition) is 4. The summed E-state index contributed by atoms with van der Waals surface area (Å²) in [7, 11) is 4.19. The van der Waals surface area contributed by atoms with Crippen LogP contribution in [0.4, 0.5) is 0 Å². The van der Waals surface area contributed by atoms with Crippen LogP contribution in [-0.4, -0.2) is 65.8 Å². The number of halogens is 1. The first-order valence-electron chi connectivity index (χ1n) is 6.73. The lowest BCUT2D eigenvalue weighted by Crippen LogP contribution is -2.47. The molecule has 2 atom stereocenters. The Balaban J connectivity index is 2.05. The monoisotopic (exact) mass is 283 g/mol. The van der Waals surface area contributed by atoms with Gasteiger partial charge in [-0.3, -0.25) is 9.88 Å². The van der Waals surface area contributed by atoms with Gasteiger partial charge >= 0.3 is 0 Å². The van der Waals surface area contributed by atoms with Crippen molar-refractivity contribution < 1.29 is 5.11 Å². The molecule has 1 aromatic rings. The van der Waals surface area contributed by atoms with Crippen molar-refractivity contribution in [3.8, 4) is 0 Å². The van der Waals surface area contributed by atoms with E-state index in [9.17, 15) is 5.11 Å². The van der Waals surface area contributed by atoms with Crippen molar-refractivity contribution in [1.82, 2.24) is 14.8 Å². The number of hydrogen-bond donors (Lipinski definition) is 1. The van der Waals surface area contributed by atoms with Crippen molar-refractivity contribution in [3.63, 3.8) is 0 Å². The Hall–Kier alpha value is -0.680. The normalized spacial score (nSPS) is 24.1. The molecular formula is C14H22ClN3O. The predicted octanol–water partition coefficient (Wildman–Crippen LogP) is 1.27. The van der Waals surface area contributed by atoms with Gasteiger partial charge in [-0.05, 0) is 45.2 Å². The van der Waals surface area contributed by atoms with Gasteiger partial charge in [-0.1, -0.05) is 11.6 Å². The highest BCUT2D eigenvalue weighted by molar-refractivity contribution is 6.31. The van der Waals surface area contributed by atoms with Crippen LogP contribution in [0, 0.1) is 0 Å². The second-order valence-electron chi connectivity index (χ2n) is 5.40. The van der Waals surface area contributed by atoms with Crippen LogP contribution in [0.3, 0.4) is 0 Å². The molecule has 1 aliphatic heterocycles. The van der Waals surface area contributed by atoms with E-state index in [2.05, 4.69) is 28.9 Å². The Morgan fingerprint density at radius 1 is 1.47 bits per heavy atom. The maximum Gasteiger partial charge on any atom is 0.0748 e. The summed E-state index contributed by atoms with van der Waals surface area (Å²) in [5, 5.41) is 11.1. The quantitative estimate of drug-likeness (QED) is 0.907. The van der Waals surface area contributed by atoms with E-state index in [-0.39, 0.29) is 6.04 Å². The number of aromatic nitrogens is 1. The Morgan fingerprint density at radius 2 is 2.26 bits per heavy atom. The fraction of sp³-hybridized carbons (Fsp3) is 0.643. The summed E-state index contributed by atoms with van der Waals surface area (Å²) in [4.78, 5) is 8.51. The highest BCUT2D eigenvalue weighted by Crippen LogP contribution is 2.19. The Morgan fingerprint density at radius 3 is 3.00 bits per heavy atom. The molecule has 4 nitrogen and oxygen atoms in total. The summed E-state index contributed by atoms with van der Waals surface area (Å²) in [6, 6.07) is 2.03. The van der Waals surface area contributed by atoms with Gasteiger partial charge in [0.2, 0.25) is 0 Å². The Kier molecular flexibility index (Phi) is 5.16. The van der Waals surface area contributed by atoms with Crippen LogP contribution in [0.1, 0.15) is 12.0 Å². The smallest absolute Gasteiger partial charge is 0.0748 e. The second-order valence-corrected chi connectivity index (χ2v) is 5.81. The number of nitrogens with zero attached hydrogens (tertiary/aromatic N) is 3. The molecule has 106 valence electrons. The largest absolute Gasteiger partial charge is 0.391 e. The molecule has 2 rings (SSSR count). The van der Waals surface area contributed by atoms with E-state index in [1.165, 1.54) is 0 Å². The summed E-state index contributed by atoms with van der Waals surface area (Å²) in [5.41, 5.74) is 0.962. The van der Waals surface area contributed by atoms with Crippen molar-refractivity contribution in [2.24, 2.45) is 0 Å². The van der Waals surface area contributed by atoms with Crippen LogP contribution >= 0.6 is 11.6 Å². The zero-order valence-electron chi connectivity index (χ0n) is 11.6. The molecule has 0 radical (unpaired) electrons. The molecule has 0 aliphatic carbocycles. The van der Waals surface area contributed by atoms with E-state index in [0.29, 0.717) is 11.4 Å². The molecule has 1 aromatic heterocycles. The molecule has 2 unspecified atom stereocenters. The molecule has 1 saturated heterocycles. The lowest BCUT2D eigenvalue weighted by atomic mass is 10.0. The predicted molar refractivity (Wildman–Crippen MR) is 77.5 cm³/mol. The molecule has 1 aliphatic rings. The van der Waals surface area contributed by atoms with Crippen LogP contribution < -0.4 is 0 Å². The lowest BCUT2D eigenvalue weighted by molar-refractivity contribution is 0.0581. The van der Waals surface area contributed by atoms with Crippen molar-refractivity contribution in [2.45, 2.75) is 25.0 Å². The third kappa shape index (κ3) is 3.89. The fourth-order valence-corrected chi connectivity index (χ4v) is 2.85. The van der Waals surface area contributed by atoms with Crippen molar-refractivity contribution in [1.29, 1.82) is 0 Å². The summed E-state index contributed by atoms with van der Waals surface area (Å²) >= 11 is 6.11. The van der Waals surface area contributed by atoms with Crippen LogP contribution in [0.5, 0.6) is 0 Å². The Bertz CT molecular complexity index is 415. The highest BCUT2D eigenvalue weighted by atomic mass is 35.5. The second kappa shape index (κ2) is 6.66. The average Bonchev–Trinajstić information content (AvgIpc) is 2.54. The topological polar surface area (TPSA) is 39.6 Å². The van der Waals surface area contributed by atoms with Gasteiger partial charge in [-0.15, -0.1) is 0 Å². The van der Waals surface area contributed by atoms with E-state index in [1.54, 1.807) is 12.4 Å². The van der Waals surface area contributed by atoms with Gasteiger partial charge in [-0.2, -0.15) is 0 Å². The van der Waals surface area contributed by atoms with Crippen LogP contribution in [0.15, 0.2) is 18.5 Å². The zero-order valence-corrected chi connectivity index (χ0v) is 12.3. The highest BCUT2D eigenvalue weighted by Gasteiger charge is 2.27. The summed E-state index contributed by atoms with van der Waals surface area (Å²) in [6.07, 6.45) is 4.66. The molecule has 1 fully saturated rings. The van der Waals surface area contributed by atoms with Gasteiger partial charge in [0.05, 0.1) is 11.1 Å². The summed E-state index contributed by atoms with van der Waals surface area (Å²) < 4.78 is 0. The molecule has 5 heteroatoms. The van der Waals surface area contributed by atoms with E-state index in [0.717, 1.165) is 31.6 Å². The lowest BCUT2D eigenvalue weighted by Gasteiger charge is -2.31. The van der Waals surface area contributed by atoms with Crippen molar-refractivity contribution in [3.05, 3.63) is 29.0 Å². The van der Waals surface area contributed by atoms with Gasteiger partial charge in [0, 0.05) is 31.4 Å². The van der Waals surface area contributed by atoms with Crippen molar-refractivity contribution >= 4 is 11.6 Å². The minimum absolute atomic E-state index is 0.150. The van der Waals surface area contributed by atoms with Crippen LogP contribution in [0.2, 0.25) is 5.02 Å². The maximum atomic E-state index is 10.5. The fourth-order valence-electron chi connectivity index (χ4n) is 2.65. The first kappa shape index (κ1) is 14.7. The number of likely N-dealkylation sites (N-methyl/N-ethyl adjacent to an activating group) is 2. The molecule has 2 heterocycles. The molecule has 0 amide bonds. The molecule has 19 heavy (non-hydrogen) atoms. The van der Waals surface area contributed by atoms with E-state index in [1.807, 2.05) is 6.07 Å². The third-order valence-electron chi connectivity index (χ3n) is 3.85. The van der Waals surface area contributed by atoms with E-state index >= 15 is 0 Å². The van der Waals surface area contributed by atoms with Gasteiger partial charge in [0.1, 0.15) is 0 Å². The number of pyridine rings is 1. The van der Waals surface area contributed by atoms with E-state index in [4.69, 9.17) is 11.6 Å². The SMILES string of the molecule is CN1CCCN(C)C(C(O)Cc2ccncc2Cl)C1. The molecule has 0 spiro atoms. The summed E-state index contributed by atoms with van der Waals surface area (Å²) in [5.74, 6) is 0. The first-order valence-corrected chi connectivity index (χ1v) is 7.11. The maximum absolute atomic E-state index is 10.5. The molecular weight excluding hydrogens is 262 g/mol. The molecule has 0 bridgehead atoms. The number of rotatable bonds is 3. The van der Waals surface area contributed by atoms with Gasteiger partial charge < -0.3 is 10.0 Å². The number of aliphatic hydroxyl groups is 1. The van der Waals surface area contributed by atoms with E-state index < -0.39 is 6.10 Å². The minimum Gasteiger partial charge on any atom is -0.391 e. The van der Waals surface area contributed by atoms with Gasteiger partial charge in [0.15, 0.2) is 0 Å². The summed E-state index contributed by atoms with van der Waals surface area (Å²) in [6.45, 7) is 3.00. The third-order valence-corrected chi connectivity index (χ3v) is 4.19. The molecule has 1 N–H and O–H groups in total. The standard InChI is InChI=1S/C14H22ClN3O/c1-17-6-3-7-18(2)13(10-17)14(19)8-11-4-5-16-9-12(11)15/h4-5,9,13-14,19H,3,6-8,10H2,1-2H3. The van der Waals surface area contributed by atoms with Crippen molar-refractivity contribution in [2.75, 3.05) is 33.7 Å². The average molecular weight is 284 g/mol. The first-order chi connectivity index (χ1) is 9.08.